The number of alkyl halides is 3. The number of carboxylic acids is 1. The van der Waals surface area contributed by atoms with Gasteiger partial charge in [-0.1, -0.05) is 48.5 Å². The molecule has 1 atom stereocenters. The molecular formula is C21H19F3N2O5. The second-order valence-corrected chi connectivity index (χ2v) is 6.96. The smallest absolute Gasteiger partial charge is 0.407 e. The van der Waals surface area contributed by atoms with Crippen LogP contribution in [0.2, 0.25) is 0 Å². The SMILES string of the molecule is O=C(CNC(=O)OCC1c2ccccc2-c2ccccc21)NC(CC(F)(F)F)C(=O)O. The molecule has 31 heavy (non-hydrogen) atoms. The van der Waals surface area contributed by atoms with E-state index in [2.05, 4.69) is 5.32 Å². The average molecular weight is 436 g/mol. The largest absolute Gasteiger partial charge is 0.480 e. The topological polar surface area (TPSA) is 105 Å². The maximum atomic E-state index is 12.4. The maximum Gasteiger partial charge on any atom is 0.407 e. The van der Waals surface area contributed by atoms with Gasteiger partial charge in [-0.25, -0.2) is 9.59 Å². The highest BCUT2D eigenvalue weighted by atomic mass is 19.4. The zero-order valence-corrected chi connectivity index (χ0v) is 16.1. The van der Waals surface area contributed by atoms with Gasteiger partial charge in [0, 0.05) is 5.92 Å². The van der Waals surface area contributed by atoms with Gasteiger partial charge in [0.1, 0.15) is 19.2 Å². The lowest BCUT2D eigenvalue weighted by Crippen LogP contribution is -2.47. The highest BCUT2D eigenvalue weighted by Crippen LogP contribution is 2.44. The van der Waals surface area contributed by atoms with Gasteiger partial charge in [0.15, 0.2) is 0 Å². The molecule has 0 aromatic heterocycles. The third-order valence-electron chi connectivity index (χ3n) is 4.81. The summed E-state index contributed by atoms with van der Waals surface area (Å²) in [4.78, 5) is 34.6. The first-order valence-corrected chi connectivity index (χ1v) is 9.33. The van der Waals surface area contributed by atoms with E-state index in [1.807, 2.05) is 48.5 Å². The van der Waals surface area contributed by atoms with Crippen LogP contribution in [-0.4, -0.2) is 48.4 Å². The summed E-state index contributed by atoms with van der Waals surface area (Å²) in [5.41, 5.74) is 4.06. The summed E-state index contributed by atoms with van der Waals surface area (Å²) in [6, 6.07) is 13.2. The lowest BCUT2D eigenvalue weighted by Gasteiger charge is -2.17. The van der Waals surface area contributed by atoms with E-state index in [4.69, 9.17) is 9.84 Å². The second-order valence-electron chi connectivity index (χ2n) is 6.96. The molecule has 1 aliphatic carbocycles. The monoisotopic (exact) mass is 436 g/mol. The molecule has 2 amide bonds. The molecule has 0 radical (unpaired) electrons. The predicted molar refractivity (Wildman–Crippen MR) is 103 cm³/mol. The van der Waals surface area contributed by atoms with Gasteiger partial charge >= 0.3 is 18.2 Å². The number of alkyl carbamates (subject to hydrolysis) is 1. The summed E-state index contributed by atoms with van der Waals surface area (Å²) >= 11 is 0. The van der Waals surface area contributed by atoms with E-state index in [1.54, 1.807) is 5.32 Å². The van der Waals surface area contributed by atoms with Crippen LogP contribution in [0.4, 0.5) is 18.0 Å². The molecule has 10 heteroatoms. The van der Waals surface area contributed by atoms with E-state index in [0.29, 0.717) is 0 Å². The molecule has 0 saturated heterocycles. The standard InChI is InChI=1S/C21H19F3N2O5/c22-21(23,24)9-17(19(28)29)26-18(27)10-25-20(30)31-11-16-14-7-3-1-5-12(14)13-6-2-4-8-15(13)16/h1-8,16-17H,9-11H2,(H,25,30)(H,26,27)(H,28,29). The van der Waals surface area contributed by atoms with E-state index in [9.17, 15) is 27.6 Å². The molecule has 0 spiro atoms. The van der Waals surface area contributed by atoms with Crippen molar-refractivity contribution in [1.82, 2.24) is 10.6 Å². The number of fused-ring (bicyclic) bond motifs is 3. The fourth-order valence-electron chi connectivity index (χ4n) is 3.48. The summed E-state index contributed by atoms with van der Waals surface area (Å²) in [6.07, 6.45) is -7.44. The van der Waals surface area contributed by atoms with Crippen LogP contribution < -0.4 is 10.6 Å². The molecule has 0 aliphatic heterocycles. The van der Waals surface area contributed by atoms with Gasteiger partial charge in [0.05, 0.1) is 6.42 Å². The van der Waals surface area contributed by atoms with Crippen molar-refractivity contribution in [3.05, 3.63) is 59.7 Å². The zero-order valence-electron chi connectivity index (χ0n) is 16.1. The third-order valence-corrected chi connectivity index (χ3v) is 4.81. The number of carboxylic acid groups (broad SMARTS) is 1. The van der Waals surface area contributed by atoms with Crippen LogP contribution in [0.15, 0.2) is 48.5 Å². The number of carbonyl (C=O) groups is 3. The molecule has 0 saturated carbocycles. The Kier molecular flexibility index (Phi) is 6.47. The molecule has 0 fully saturated rings. The van der Waals surface area contributed by atoms with Crippen LogP contribution in [0.5, 0.6) is 0 Å². The number of hydrogen-bond donors (Lipinski definition) is 3. The molecule has 0 bridgehead atoms. The van der Waals surface area contributed by atoms with Gasteiger partial charge in [0.2, 0.25) is 5.91 Å². The first-order chi connectivity index (χ1) is 14.7. The lowest BCUT2D eigenvalue weighted by atomic mass is 9.98. The van der Waals surface area contributed by atoms with Crippen molar-refractivity contribution in [2.75, 3.05) is 13.2 Å². The van der Waals surface area contributed by atoms with Crippen molar-refractivity contribution < 1.29 is 37.4 Å². The first-order valence-electron chi connectivity index (χ1n) is 9.33. The summed E-state index contributed by atoms with van der Waals surface area (Å²) in [7, 11) is 0. The van der Waals surface area contributed by atoms with Crippen molar-refractivity contribution in [1.29, 1.82) is 0 Å². The number of ether oxygens (including phenoxy) is 1. The number of halogens is 3. The van der Waals surface area contributed by atoms with Crippen molar-refractivity contribution in [3.8, 4) is 11.1 Å². The van der Waals surface area contributed by atoms with Crippen LogP contribution >= 0.6 is 0 Å². The maximum absolute atomic E-state index is 12.4. The van der Waals surface area contributed by atoms with Crippen LogP contribution in [0, 0.1) is 0 Å². The van der Waals surface area contributed by atoms with Crippen molar-refractivity contribution in [3.63, 3.8) is 0 Å². The number of aliphatic carboxylic acids is 1. The molecule has 2 aromatic rings. The Balaban J connectivity index is 1.53. The van der Waals surface area contributed by atoms with E-state index in [1.165, 1.54) is 0 Å². The van der Waals surface area contributed by atoms with Gasteiger partial charge in [-0.3, -0.25) is 4.79 Å². The fraction of sp³-hybridized carbons (Fsp3) is 0.286. The average Bonchev–Trinajstić information content (AvgIpc) is 3.03. The zero-order chi connectivity index (χ0) is 22.6. The van der Waals surface area contributed by atoms with Crippen molar-refractivity contribution >= 4 is 18.0 Å². The number of rotatable bonds is 7. The quantitative estimate of drug-likeness (QED) is 0.619. The number of carbonyl (C=O) groups excluding carboxylic acids is 2. The van der Waals surface area contributed by atoms with E-state index in [0.717, 1.165) is 22.3 Å². The number of hydrogen-bond acceptors (Lipinski definition) is 4. The van der Waals surface area contributed by atoms with Crippen molar-refractivity contribution in [2.24, 2.45) is 0 Å². The van der Waals surface area contributed by atoms with Gasteiger partial charge in [-0.05, 0) is 22.3 Å². The summed E-state index contributed by atoms with van der Waals surface area (Å²) in [6.45, 7) is -0.731. The number of benzene rings is 2. The van der Waals surface area contributed by atoms with E-state index in [-0.39, 0.29) is 12.5 Å². The lowest BCUT2D eigenvalue weighted by molar-refractivity contribution is -0.159. The van der Waals surface area contributed by atoms with Gasteiger partial charge < -0.3 is 20.5 Å². The van der Waals surface area contributed by atoms with Crippen molar-refractivity contribution in [2.45, 2.75) is 24.6 Å². The molecule has 0 heterocycles. The Hall–Kier alpha value is -3.56. The summed E-state index contributed by atoms with van der Waals surface area (Å²) in [5.74, 6) is -3.10. The molecule has 3 rings (SSSR count). The minimum atomic E-state index is -4.77. The molecular weight excluding hydrogens is 417 g/mol. The Morgan fingerprint density at radius 3 is 2.06 bits per heavy atom. The van der Waals surface area contributed by atoms with E-state index < -0.39 is 43.2 Å². The van der Waals surface area contributed by atoms with Crippen LogP contribution in [-0.2, 0) is 14.3 Å². The molecule has 3 N–H and O–H groups in total. The Bertz CT molecular complexity index is 947. The minimum Gasteiger partial charge on any atom is -0.480 e. The van der Waals surface area contributed by atoms with E-state index >= 15 is 0 Å². The predicted octanol–water partition coefficient (Wildman–Crippen LogP) is 3.05. The van der Waals surface area contributed by atoms with Crippen LogP contribution in [0.3, 0.4) is 0 Å². The second kappa shape index (κ2) is 9.07. The normalized spacial score (nSPS) is 13.6. The number of nitrogens with one attached hydrogen (secondary N) is 2. The summed E-state index contributed by atoms with van der Waals surface area (Å²) in [5, 5.41) is 12.6. The highest BCUT2D eigenvalue weighted by Gasteiger charge is 2.36. The van der Waals surface area contributed by atoms with Gasteiger partial charge in [-0.2, -0.15) is 13.2 Å². The Labute approximate surface area is 175 Å². The Morgan fingerprint density at radius 2 is 1.55 bits per heavy atom. The highest BCUT2D eigenvalue weighted by molar-refractivity contribution is 5.86. The fourth-order valence-corrected chi connectivity index (χ4v) is 3.48. The molecule has 7 nitrogen and oxygen atoms in total. The molecule has 164 valence electrons. The molecule has 2 aromatic carbocycles. The molecule has 1 aliphatic rings. The van der Waals surface area contributed by atoms with Gasteiger partial charge in [-0.15, -0.1) is 0 Å². The summed E-state index contributed by atoms with van der Waals surface area (Å²) < 4.78 is 42.4. The number of amides is 2. The van der Waals surface area contributed by atoms with Gasteiger partial charge in [0.25, 0.3) is 0 Å². The third kappa shape index (κ3) is 5.53. The first kappa shape index (κ1) is 22.1. The molecule has 1 unspecified atom stereocenters. The minimum absolute atomic E-state index is 0.00664. The Morgan fingerprint density at radius 1 is 1.00 bits per heavy atom. The van der Waals surface area contributed by atoms with Crippen LogP contribution in [0.25, 0.3) is 11.1 Å². The van der Waals surface area contributed by atoms with Crippen LogP contribution in [0.1, 0.15) is 23.5 Å².